The molecular weight excluding hydrogens is 311 g/mol. The largest absolute Gasteiger partial charge is 0.311 e. The maximum atomic E-state index is 13.2. The van der Waals surface area contributed by atoms with Crippen molar-refractivity contribution < 1.29 is 12.8 Å². The first-order valence-corrected chi connectivity index (χ1v) is 9.15. The van der Waals surface area contributed by atoms with Crippen molar-refractivity contribution in [3.63, 3.8) is 0 Å². The average Bonchev–Trinajstić information content (AvgIpc) is 2.86. The summed E-state index contributed by atoms with van der Waals surface area (Å²) in [5.41, 5.74) is 0.866. The molecule has 0 fully saturated rings. The molecule has 21 heavy (non-hydrogen) atoms. The third-order valence-electron chi connectivity index (χ3n) is 2.74. The first-order valence-electron chi connectivity index (χ1n) is 6.44. The minimum absolute atomic E-state index is 0.243. The van der Waals surface area contributed by atoms with E-state index in [9.17, 15) is 12.8 Å². The van der Waals surface area contributed by atoms with Crippen molar-refractivity contribution in [1.82, 2.24) is 10.0 Å². The predicted octanol–water partition coefficient (Wildman–Crippen LogP) is 2.19. The van der Waals surface area contributed by atoms with E-state index in [-0.39, 0.29) is 5.82 Å². The van der Waals surface area contributed by atoms with E-state index in [1.807, 2.05) is 18.2 Å². The van der Waals surface area contributed by atoms with Crippen molar-refractivity contribution in [3.05, 3.63) is 47.1 Å². The highest BCUT2D eigenvalue weighted by Crippen LogP contribution is 2.28. The van der Waals surface area contributed by atoms with Gasteiger partial charge in [0.05, 0.1) is 6.26 Å². The number of hydrogen-bond acceptors (Lipinski definition) is 4. The highest BCUT2D eigenvalue weighted by molar-refractivity contribution is 7.88. The van der Waals surface area contributed by atoms with Crippen LogP contribution in [0.25, 0.3) is 10.4 Å². The zero-order valence-electron chi connectivity index (χ0n) is 11.6. The maximum Gasteiger partial charge on any atom is 0.208 e. The Labute approximate surface area is 128 Å². The van der Waals surface area contributed by atoms with Gasteiger partial charge in [-0.05, 0) is 29.8 Å². The van der Waals surface area contributed by atoms with Gasteiger partial charge in [0.15, 0.2) is 0 Å². The van der Waals surface area contributed by atoms with E-state index in [1.54, 1.807) is 17.4 Å². The van der Waals surface area contributed by atoms with Crippen molar-refractivity contribution in [2.45, 2.75) is 6.54 Å². The van der Waals surface area contributed by atoms with Crippen LogP contribution < -0.4 is 10.0 Å². The normalized spacial score (nSPS) is 11.7. The fourth-order valence-electron chi connectivity index (χ4n) is 1.81. The molecule has 0 amide bonds. The van der Waals surface area contributed by atoms with E-state index in [0.717, 1.165) is 21.6 Å². The summed E-state index contributed by atoms with van der Waals surface area (Å²) in [6, 6.07) is 10.5. The van der Waals surface area contributed by atoms with Crippen LogP contribution in [0.1, 0.15) is 4.88 Å². The molecule has 0 atom stereocenters. The molecule has 0 spiro atoms. The quantitative estimate of drug-likeness (QED) is 0.766. The zero-order chi connectivity index (χ0) is 15.3. The Morgan fingerprint density at radius 3 is 2.71 bits per heavy atom. The maximum absolute atomic E-state index is 13.2. The molecule has 7 heteroatoms. The van der Waals surface area contributed by atoms with Gasteiger partial charge < -0.3 is 5.32 Å². The molecule has 114 valence electrons. The zero-order valence-corrected chi connectivity index (χ0v) is 13.2. The van der Waals surface area contributed by atoms with Crippen LogP contribution in [-0.4, -0.2) is 27.8 Å². The third kappa shape index (κ3) is 5.55. The van der Waals surface area contributed by atoms with Crippen molar-refractivity contribution >= 4 is 21.4 Å². The number of nitrogens with one attached hydrogen (secondary N) is 2. The average molecular weight is 328 g/mol. The van der Waals surface area contributed by atoms with Gasteiger partial charge in [-0.25, -0.2) is 17.5 Å². The summed E-state index contributed by atoms with van der Waals surface area (Å²) >= 11 is 1.59. The van der Waals surface area contributed by atoms with Gasteiger partial charge in [-0.15, -0.1) is 11.3 Å². The molecule has 0 saturated carbocycles. The molecule has 0 bridgehead atoms. The molecule has 1 aromatic heterocycles. The van der Waals surface area contributed by atoms with Gasteiger partial charge in [0.1, 0.15) is 5.82 Å². The Morgan fingerprint density at radius 1 is 1.19 bits per heavy atom. The lowest BCUT2D eigenvalue weighted by atomic mass is 10.2. The fourth-order valence-corrected chi connectivity index (χ4v) is 3.25. The molecule has 2 N–H and O–H groups in total. The van der Waals surface area contributed by atoms with Crippen molar-refractivity contribution in [3.8, 4) is 10.4 Å². The standard InChI is InChI=1S/C14H17FN2O2S2/c1-21(18,19)17-8-7-16-10-13-5-6-14(20-13)11-3-2-4-12(15)9-11/h2-6,9,16-17H,7-8,10H2,1H3. The van der Waals surface area contributed by atoms with E-state index in [2.05, 4.69) is 10.0 Å². The van der Waals surface area contributed by atoms with Crippen molar-refractivity contribution in [2.24, 2.45) is 0 Å². The minimum Gasteiger partial charge on any atom is -0.311 e. The molecule has 0 unspecified atom stereocenters. The van der Waals surface area contributed by atoms with Crippen molar-refractivity contribution in [2.75, 3.05) is 19.3 Å². The van der Waals surface area contributed by atoms with Gasteiger partial charge in [0, 0.05) is 29.4 Å². The van der Waals surface area contributed by atoms with Crippen molar-refractivity contribution in [1.29, 1.82) is 0 Å². The number of rotatable bonds is 7. The Bertz CT molecular complexity index is 699. The molecule has 4 nitrogen and oxygen atoms in total. The van der Waals surface area contributed by atoms with E-state index in [1.165, 1.54) is 12.1 Å². The second-order valence-corrected chi connectivity index (χ2v) is 7.62. The van der Waals surface area contributed by atoms with Crippen LogP contribution in [0, 0.1) is 5.82 Å². The molecule has 0 radical (unpaired) electrons. The summed E-state index contributed by atoms with van der Waals surface area (Å²) in [7, 11) is -3.13. The second-order valence-electron chi connectivity index (χ2n) is 4.62. The fraction of sp³-hybridized carbons (Fsp3) is 0.286. The number of thiophene rings is 1. The monoisotopic (exact) mass is 328 g/mol. The summed E-state index contributed by atoms with van der Waals surface area (Å²) in [4.78, 5) is 2.13. The van der Waals surface area contributed by atoms with Crippen LogP contribution in [0.4, 0.5) is 4.39 Å². The van der Waals surface area contributed by atoms with Crippen LogP contribution in [0.5, 0.6) is 0 Å². The first-order chi connectivity index (χ1) is 9.94. The molecule has 2 aromatic rings. The lowest BCUT2D eigenvalue weighted by molar-refractivity contribution is 0.582. The summed E-state index contributed by atoms with van der Waals surface area (Å²) in [6.07, 6.45) is 1.14. The highest BCUT2D eigenvalue weighted by Gasteiger charge is 2.04. The summed E-state index contributed by atoms with van der Waals surface area (Å²) < 4.78 is 37.4. The molecule has 0 aliphatic heterocycles. The van der Waals surface area contributed by atoms with Crippen LogP contribution in [0.15, 0.2) is 36.4 Å². The summed E-state index contributed by atoms with van der Waals surface area (Å²) in [5, 5.41) is 3.16. The SMILES string of the molecule is CS(=O)(=O)NCCNCc1ccc(-c2cccc(F)c2)s1. The second kappa shape index (κ2) is 7.13. The molecule has 0 aliphatic rings. The van der Waals surface area contributed by atoms with Gasteiger partial charge in [-0.1, -0.05) is 12.1 Å². The minimum atomic E-state index is -3.13. The smallest absolute Gasteiger partial charge is 0.208 e. The molecule has 0 aliphatic carbocycles. The number of benzene rings is 1. The molecular formula is C14H17FN2O2S2. The van der Waals surface area contributed by atoms with Gasteiger partial charge in [-0.2, -0.15) is 0 Å². The summed E-state index contributed by atoms with van der Waals surface area (Å²) in [6.45, 7) is 1.58. The molecule has 2 rings (SSSR count). The Kier molecular flexibility index (Phi) is 5.46. The predicted molar refractivity (Wildman–Crippen MR) is 84.3 cm³/mol. The Morgan fingerprint density at radius 2 is 2.00 bits per heavy atom. The lowest BCUT2D eigenvalue weighted by Gasteiger charge is -2.03. The van der Waals surface area contributed by atoms with Gasteiger partial charge >= 0.3 is 0 Å². The van der Waals surface area contributed by atoms with E-state index in [0.29, 0.717) is 19.6 Å². The summed E-state index contributed by atoms with van der Waals surface area (Å²) in [5.74, 6) is -0.243. The number of hydrogen-bond donors (Lipinski definition) is 2. The van der Waals surface area contributed by atoms with Crippen LogP contribution in [0.3, 0.4) is 0 Å². The molecule has 1 heterocycles. The number of halogens is 1. The van der Waals surface area contributed by atoms with Crippen LogP contribution in [-0.2, 0) is 16.6 Å². The first kappa shape index (κ1) is 16.1. The van der Waals surface area contributed by atoms with Gasteiger partial charge in [0.25, 0.3) is 0 Å². The molecule has 0 saturated heterocycles. The Hall–Kier alpha value is -1.28. The lowest BCUT2D eigenvalue weighted by Crippen LogP contribution is -2.30. The van der Waals surface area contributed by atoms with E-state index >= 15 is 0 Å². The third-order valence-corrected chi connectivity index (χ3v) is 4.60. The Balaban J connectivity index is 1.84. The molecule has 1 aromatic carbocycles. The van der Waals surface area contributed by atoms with E-state index in [4.69, 9.17) is 0 Å². The number of sulfonamides is 1. The highest BCUT2D eigenvalue weighted by atomic mass is 32.2. The van der Waals surface area contributed by atoms with Crippen LogP contribution >= 0.6 is 11.3 Å². The van der Waals surface area contributed by atoms with Crippen LogP contribution in [0.2, 0.25) is 0 Å². The van der Waals surface area contributed by atoms with Gasteiger partial charge in [0.2, 0.25) is 10.0 Å². The van der Waals surface area contributed by atoms with E-state index < -0.39 is 10.0 Å². The van der Waals surface area contributed by atoms with Gasteiger partial charge in [-0.3, -0.25) is 0 Å². The topological polar surface area (TPSA) is 58.2 Å².